The highest BCUT2D eigenvalue weighted by molar-refractivity contribution is 6.25. The summed E-state index contributed by atoms with van der Waals surface area (Å²) in [6.45, 7) is 0. The zero-order chi connectivity index (χ0) is 23.8. The lowest BCUT2D eigenvalue weighted by atomic mass is 9.94. The molecule has 2 heterocycles. The van der Waals surface area contributed by atoms with E-state index in [9.17, 15) is 4.79 Å². The predicted octanol–water partition coefficient (Wildman–Crippen LogP) is 7.86. The first kappa shape index (κ1) is 19.4. The summed E-state index contributed by atoms with van der Waals surface area (Å²) in [4.78, 5) is 14.0. The fourth-order valence-corrected chi connectivity index (χ4v) is 5.92. The number of nitrogens with zero attached hydrogens (tertiary/aromatic N) is 2. The van der Waals surface area contributed by atoms with Crippen LogP contribution in [-0.2, 0) is 0 Å². The van der Waals surface area contributed by atoms with Crippen molar-refractivity contribution in [2.24, 2.45) is 0 Å². The summed E-state index contributed by atoms with van der Waals surface area (Å²) in [5, 5.41) is 9.04. The Morgan fingerprint density at radius 2 is 0.972 bits per heavy atom. The van der Waals surface area contributed by atoms with Gasteiger partial charge in [0.25, 0.3) is 5.56 Å². The van der Waals surface area contributed by atoms with Gasteiger partial charge in [-0.1, -0.05) is 84.9 Å². The fourth-order valence-electron chi connectivity index (χ4n) is 5.92. The van der Waals surface area contributed by atoms with Gasteiger partial charge in [-0.3, -0.25) is 13.8 Å². The molecule has 0 saturated carbocycles. The zero-order valence-electron chi connectivity index (χ0n) is 19.3. The summed E-state index contributed by atoms with van der Waals surface area (Å²) in [6, 6.07) is 41.8. The summed E-state index contributed by atoms with van der Waals surface area (Å²) < 4.78 is 4.07. The van der Waals surface area contributed by atoms with E-state index in [0.29, 0.717) is 5.39 Å². The Bertz CT molecular complexity index is 2200. The summed E-state index contributed by atoms with van der Waals surface area (Å²) in [5.74, 6) is 0. The first-order valence-corrected chi connectivity index (χ1v) is 12.2. The number of hydrogen-bond acceptors (Lipinski definition) is 1. The quantitative estimate of drug-likeness (QED) is 0.229. The molecule has 168 valence electrons. The molecule has 0 spiro atoms. The molecule has 3 nitrogen and oxygen atoms in total. The van der Waals surface area contributed by atoms with Gasteiger partial charge in [-0.25, -0.2) is 0 Å². The van der Waals surface area contributed by atoms with Crippen molar-refractivity contribution < 1.29 is 0 Å². The van der Waals surface area contributed by atoms with Gasteiger partial charge in [0.1, 0.15) is 5.65 Å². The molecular formula is C33H20N2O. The molecule has 0 aliphatic carbocycles. The number of hydrogen-bond donors (Lipinski definition) is 0. The maximum absolute atomic E-state index is 14.0. The smallest absolute Gasteiger partial charge is 0.266 e. The van der Waals surface area contributed by atoms with Gasteiger partial charge in [0.15, 0.2) is 0 Å². The van der Waals surface area contributed by atoms with Crippen molar-refractivity contribution in [3.63, 3.8) is 0 Å². The third-order valence-electron chi connectivity index (χ3n) is 7.48. The maximum atomic E-state index is 14.0. The highest BCUT2D eigenvalue weighted by atomic mass is 16.1. The number of fused-ring (bicyclic) bond motifs is 11. The van der Waals surface area contributed by atoms with E-state index in [2.05, 4.69) is 89.3 Å². The van der Waals surface area contributed by atoms with Crippen LogP contribution in [0.5, 0.6) is 0 Å². The first-order valence-electron chi connectivity index (χ1n) is 12.2. The summed E-state index contributed by atoms with van der Waals surface area (Å²) in [7, 11) is 0. The molecule has 0 aliphatic heterocycles. The highest BCUT2D eigenvalue weighted by Crippen LogP contribution is 2.36. The van der Waals surface area contributed by atoms with Crippen molar-refractivity contribution in [2.45, 2.75) is 0 Å². The summed E-state index contributed by atoms with van der Waals surface area (Å²) in [5.41, 5.74) is 3.74. The molecule has 0 radical (unpaired) electrons. The monoisotopic (exact) mass is 460 g/mol. The van der Waals surface area contributed by atoms with E-state index in [0.717, 1.165) is 33.1 Å². The number of para-hydroxylation sites is 2. The SMILES string of the molecule is O=c1c2ccccc2n2c3ccccc3cc2n1-c1ccc2c3ccccc3c3ccccc3c2c1. The van der Waals surface area contributed by atoms with Crippen LogP contribution in [0.1, 0.15) is 0 Å². The molecule has 8 aromatic rings. The molecule has 0 amide bonds. The minimum atomic E-state index is -0.00893. The Morgan fingerprint density at radius 3 is 1.67 bits per heavy atom. The van der Waals surface area contributed by atoms with E-state index in [-0.39, 0.29) is 5.56 Å². The Labute approximate surface area is 206 Å². The lowest BCUT2D eigenvalue weighted by Gasteiger charge is -2.15. The second kappa shape index (κ2) is 7.06. The predicted molar refractivity (Wildman–Crippen MR) is 151 cm³/mol. The molecule has 2 aromatic heterocycles. The average Bonchev–Trinajstić information content (AvgIpc) is 3.33. The summed E-state index contributed by atoms with van der Waals surface area (Å²) >= 11 is 0. The average molecular weight is 461 g/mol. The number of benzene rings is 6. The molecule has 0 fully saturated rings. The molecule has 0 bridgehead atoms. The van der Waals surface area contributed by atoms with Crippen LogP contribution in [0.4, 0.5) is 0 Å². The van der Waals surface area contributed by atoms with Crippen molar-refractivity contribution in [3.05, 3.63) is 132 Å². The van der Waals surface area contributed by atoms with Crippen LogP contribution in [0.2, 0.25) is 0 Å². The van der Waals surface area contributed by atoms with Gasteiger partial charge in [-0.2, -0.15) is 0 Å². The minimum Gasteiger partial charge on any atom is -0.295 e. The van der Waals surface area contributed by atoms with E-state index in [4.69, 9.17) is 0 Å². The van der Waals surface area contributed by atoms with Gasteiger partial charge >= 0.3 is 0 Å². The molecule has 0 aliphatic rings. The fraction of sp³-hybridized carbons (Fsp3) is 0. The Balaban J connectivity index is 1.57. The zero-order valence-corrected chi connectivity index (χ0v) is 19.3. The van der Waals surface area contributed by atoms with Gasteiger partial charge < -0.3 is 0 Å². The van der Waals surface area contributed by atoms with E-state index >= 15 is 0 Å². The van der Waals surface area contributed by atoms with Crippen LogP contribution in [0.3, 0.4) is 0 Å². The van der Waals surface area contributed by atoms with E-state index < -0.39 is 0 Å². The Hall–Kier alpha value is -4.89. The summed E-state index contributed by atoms with van der Waals surface area (Å²) in [6.07, 6.45) is 0. The van der Waals surface area contributed by atoms with Crippen LogP contribution in [0, 0.1) is 0 Å². The molecule has 3 heteroatoms. The second-order valence-electron chi connectivity index (χ2n) is 9.38. The molecular weight excluding hydrogens is 440 g/mol. The lowest BCUT2D eigenvalue weighted by molar-refractivity contribution is 1.01. The van der Waals surface area contributed by atoms with E-state index in [1.54, 1.807) is 0 Å². The van der Waals surface area contributed by atoms with Gasteiger partial charge in [-0.05, 0) is 68.7 Å². The van der Waals surface area contributed by atoms with Gasteiger partial charge in [0, 0.05) is 5.39 Å². The van der Waals surface area contributed by atoms with E-state index in [1.807, 2.05) is 41.0 Å². The van der Waals surface area contributed by atoms with Crippen LogP contribution in [-0.4, -0.2) is 8.97 Å². The van der Waals surface area contributed by atoms with Crippen molar-refractivity contribution in [1.29, 1.82) is 0 Å². The standard InChI is InChI=1S/C33H20N2O/c36-33-28-14-6-8-16-31(28)35-30-15-7-1-9-21(30)19-32(35)34(33)22-17-18-27-25-12-3-2-10-23(25)24-11-4-5-13-26(24)29(27)20-22/h1-20H. The molecule has 36 heavy (non-hydrogen) atoms. The van der Waals surface area contributed by atoms with E-state index in [1.165, 1.54) is 26.9 Å². The van der Waals surface area contributed by atoms with Crippen LogP contribution in [0.15, 0.2) is 126 Å². The van der Waals surface area contributed by atoms with Crippen LogP contribution < -0.4 is 5.56 Å². The Morgan fingerprint density at radius 1 is 0.444 bits per heavy atom. The van der Waals surface area contributed by atoms with Crippen LogP contribution >= 0.6 is 0 Å². The number of rotatable bonds is 1. The van der Waals surface area contributed by atoms with Crippen molar-refractivity contribution in [1.82, 2.24) is 8.97 Å². The number of aromatic nitrogens is 2. The van der Waals surface area contributed by atoms with Gasteiger partial charge in [-0.15, -0.1) is 0 Å². The van der Waals surface area contributed by atoms with Gasteiger partial charge in [0.2, 0.25) is 0 Å². The third kappa shape index (κ3) is 2.49. The first-order chi connectivity index (χ1) is 17.8. The van der Waals surface area contributed by atoms with Gasteiger partial charge in [0.05, 0.1) is 22.1 Å². The molecule has 0 saturated heterocycles. The normalized spacial score (nSPS) is 12.0. The topological polar surface area (TPSA) is 26.4 Å². The molecule has 0 unspecified atom stereocenters. The maximum Gasteiger partial charge on any atom is 0.266 e. The largest absolute Gasteiger partial charge is 0.295 e. The van der Waals surface area contributed by atoms with Crippen molar-refractivity contribution in [3.8, 4) is 5.69 Å². The molecule has 0 N–H and O–H groups in total. The molecule has 6 aromatic carbocycles. The molecule has 8 rings (SSSR count). The Kier molecular flexibility index (Phi) is 3.81. The van der Waals surface area contributed by atoms with Crippen molar-refractivity contribution >= 4 is 59.8 Å². The lowest BCUT2D eigenvalue weighted by Crippen LogP contribution is -2.21. The third-order valence-corrected chi connectivity index (χ3v) is 7.48. The second-order valence-corrected chi connectivity index (χ2v) is 9.38. The van der Waals surface area contributed by atoms with Crippen LogP contribution in [0.25, 0.3) is 65.5 Å². The minimum absolute atomic E-state index is 0.00893. The van der Waals surface area contributed by atoms with Crippen molar-refractivity contribution in [2.75, 3.05) is 0 Å². The molecule has 0 atom stereocenters. The highest BCUT2D eigenvalue weighted by Gasteiger charge is 2.16.